The van der Waals surface area contributed by atoms with Crippen molar-refractivity contribution in [3.63, 3.8) is 0 Å². The number of nitrogens with one attached hydrogen (secondary N) is 1. The Labute approximate surface area is 94.6 Å². The second kappa shape index (κ2) is 4.23. The molecule has 1 N–H and O–H groups in total. The molecule has 0 aromatic carbocycles. The fraction of sp³-hybridized carbons (Fsp3) is 0.600. The van der Waals surface area contributed by atoms with Crippen molar-refractivity contribution in [3.05, 3.63) is 11.8 Å². The minimum absolute atomic E-state index is 0.0968. The maximum atomic E-state index is 11.8. The molecule has 84 valence electrons. The van der Waals surface area contributed by atoms with Gasteiger partial charge in [-0.05, 0) is 20.8 Å². The predicted octanol–water partition coefficient (Wildman–Crippen LogP) is 1.93. The predicted molar refractivity (Wildman–Crippen MR) is 61.1 cm³/mol. The van der Waals surface area contributed by atoms with Crippen LogP contribution in [0.4, 0.5) is 5.82 Å². The average molecular weight is 230 g/mol. The summed E-state index contributed by atoms with van der Waals surface area (Å²) in [6.45, 7) is 5.49. The van der Waals surface area contributed by atoms with Crippen molar-refractivity contribution in [2.45, 2.75) is 20.8 Å². The third-order valence-corrected chi connectivity index (χ3v) is 2.86. The van der Waals surface area contributed by atoms with Crippen LogP contribution in [0.3, 0.4) is 0 Å². The highest BCUT2D eigenvalue weighted by Crippen LogP contribution is 2.20. The zero-order chi connectivity index (χ0) is 11.6. The minimum Gasteiger partial charge on any atom is -0.310 e. The van der Waals surface area contributed by atoms with Crippen molar-refractivity contribution in [1.29, 1.82) is 0 Å². The highest BCUT2D eigenvalue weighted by atomic mass is 35.5. The quantitative estimate of drug-likeness (QED) is 0.806. The maximum absolute atomic E-state index is 11.8. The van der Waals surface area contributed by atoms with Crippen LogP contribution in [0.5, 0.6) is 0 Å². The number of aryl methyl sites for hydroxylation is 2. The van der Waals surface area contributed by atoms with E-state index in [-0.39, 0.29) is 11.8 Å². The highest BCUT2D eigenvalue weighted by Gasteiger charge is 2.27. The van der Waals surface area contributed by atoms with Gasteiger partial charge in [0.2, 0.25) is 5.91 Å². The smallest absolute Gasteiger partial charge is 0.232 e. The van der Waals surface area contributed by atoms with Crippen LogP contribution in [0.2, 0.25) is 0 Å². The Bertz CT molecular complexity index is 371. The molecule has 0 fully saturated rings. The molecular formula is C10H16ClN3O. The molecule has 0 bridgehead atoms. The van der Waals surface area contributed by atoms with Gasteiger partial charge in [0.15, 0.2) is 0 Å². The molecule has 0 aliphatic rings. The Morgan fingerprint density at radius 3 is 2.67 bits per heavy atom. The lowest BCUT2D eigenvalue weighted by molar-refractivity contribution is -0.123. The first-order valence-electron chi connectivity index (χ1n) is 4.75. The monoisotopic (exact) mass is 229 g/mol. The molecule has 1 aromatic heterocycles. The topological polar surface area (TPSA) is 46.9 Å². The SMILES string of the molecule is Cc1cc(NC(=O)C(C)(C)CCl)n(C)n1. The number of nitrogens with zero attached hydrogens (tertiary/aromatic N) is 2. The number of halogens is 1. The van der Waals surface area contributed by atoms with Gasteiger partial charge in [-0.15, -0.1) is 11.6 Å². The van der Waals surface area contributed by atoms with Gasteiger partial charge in [0.1, 0.15) is 5.82 Å². The number of amides is 1. The molecule has 1 aromatic rings. The standard InChI is InChI=1S/C10H16ClN3O/c1-7-5-8(14(4)13-7)12-9(15)10(2,3)6-11/h5H,6H2,1-4H3,(H,12,15). The van der Waals surface area contributed by atoms with Crippen LogP contribution in [0.15, 0.2) is 6.07 Å². The molecule has 0 aliphatic carbocycles. The first kappa shape index (κ1) is 12.0. The summed E-state index contributed by atoms with van der Waals surface area (Å²) in [5.41, 5.74) is 0.302. The highest BCUT2D eigenvalue weighted by molar-refractivity contribution is 6.20. The van der Waals surface area contributed by atoms with Crippen LogP contribution >= 0.6 is 11.6 Å². The zero-order valence-corrected chi connectivity index (χ0v) is 10.2. The molecule has 0 unspecified atom stereocenters. The van der Waals surface area contributed by atoms with Crippen LogP contribution in [0, 0.1) is 12.3 Å². The van der Waals surface area contributed by atoms with E-state index in [1.165, 1.54) is 0 Å². The van der Waals surface area contributed by atoms with Gasteiger partial charge in [-0.2, -0.15) is 5.10 Å². The minimum atomic E-state index is -0.570. The fourth-order valence-electron chi connectivity index (χ4n) is 1.07. The lowest BCUT2D eigenvalue weighted by Crippen LogP contribution is -2.32. The van der Waals surface area contributed by atoms with Gasteiger partial charge < -0.3 is 5.32 Å². The van der Waals surface area contributed by atoms with E-state index >= 15 is 0 Å². The van der Waals surface area contributed by atoms with E-state index in [0.717, 1.165) is 5.69 Å². The lowest BCUT2D eigenvalue weighted by Gasteiger charge is -2.20. The molecule has 0 saturated carbocycles. The van der Waals surface area contributed by atoms with Crippen molar-refractivity contribution >= 4 is 23.3 Å². The number of carbonyl (C=O) groups excluding carboxylic acids is 1. The normalized spacial score (nSPS) is 11.5. The first-order valence-corrected chi connectivity index (χ1v) is 5.28. The van der Waals surface area contributed by atoms with Crippen molar-refractivity contribution in [2.24, 2.45) is 12.5 Å². The Balaban J connectivity index is 2.79. The number of alkyl halides is 1. The molecule has 1 amide bonds. The van der Waals surface area contributed by atoms with Gasteiger partial charge >= 0.3 is 0 Å². The number of hydrogen-bond acceptors (Lipinski definition) is 2. The van der Waals surface area contributed by atoms with Crippen LogP contribution in [-0.2, 0) is 11.8 Å². The van der Waals surface area contributed by atoms with Gasteiger partial charge in [-0.1, -0.05) is 0 Å². The van der Waals surface area contributed by atoms with E-state index < -0.39 is 5.41 Å². The summed E-state index contributed by atoms with van der Waals surface area (Å²) in [4.78, 5) is 11.8. The van der Waals surface area contributed by atoms with Crippen LogP contribution in [-0.4, -0.2) is 21.6 Å². The summed E-state index contributed by atoms with van der Waals surface area (Å²) in [6, 6.07) is 1.82. The van der Waals surface area contributed by atoms with E-state index in [9.17, 15) is 4.79 Å². The molecule has 1 heterocycles. The Morgan fingerprint density at radius 1 is 1.67 bits per heavy atom. The summed E-state index contributed by atoms with van der Waals surface area (Å²) in [6.07, 6.45) is 0. The van der Waals surface area contributed by atoms with E-state index in [1.807, 2.05) is 13.0 Å². The molecular weight excluding hydrogens is 214 g/mol. The van der Waals surface area contributed by atoms with E-state index in [4.69, 9.17) is 11.6 Å². The van der Waals surface area contributed by atoms with Crippen LogP contribution in [0.25, 0.3) is 0 Å². The van der Waals surface area contributed by atoms with E-state index in [1.54, 1.807) is 25.6 Å². The summed E-state index contributed by atoms with van der Waals surface area (Å²) in [5, 5.41) is 6.94. The summed E-state index contributed by atoms with van der Waals surface area (Å²) in [5.74, 6) is 0.881. The number of anilines is 1. The van der Waals surface area contributed by atoms with Gasteiger partial charge in [-0.25, -0.2) is 0 Å². The molecule has 0 radical (unpaired) electrons. The maximum Gasteiger partial charge on any atom is 0.232 e. The summed E-state index contributed by atoms with van der Waals surface area (Å²) < 4.78 is 1.64. The van der Waals surface area contributed by atoms with Gasteiger partial charge in [-0.3, -0.25) is 9.48 Å². The summed E-state index contributed by atoms with van der Waals surface area (Å²) in [7, 11) is 1.79. The second-order valence-corrected chi connectivity index (χ2v) is 4.53. The molecule has 15 heavy (non-hydrogen) atoms. The van der Waals surface area contributed by atoms with Gasteiger partial charge in [0, 0.05) is 19.0 Å². The first-order chi connectivity index (χ1) is 6.86. The molecule has 1 rings (SSSR count). The molecule has 0 saturated heterocycles. The number of aromatic nitrogens is 2. The van der Waals surface area contributed by atoms with Gasteiger partial charge in [0.25, 0.3) is 0 Å². The number of carbonyl (C=O) groups is 1. The van der Waals surface area contributed by atoms with Crippen molar-refractivity contribution in [3.8, 4) is 0 Å². The van der Waals surface area contributed by atoms with E-state index in [0.29, 0.717) is 5.82 Å². The molecule has 0 spiro atoms. The van der Waals surface area contributed by atoms with Crippen molar-refractivity contribution < 1.29 is 4.79 Å². The molecule has 5 heteroatoms. The Kier molecular flexibility index (Phi) is 3.39. The number of hydrogen-bond donors (Lipinski definition) is 1. The lowest BCUT2D eigenvalue weighted by atomic mass is 9.95. The van der Waals surface area contributed by atoms with Gasteiger partial charge in [0.05, 0.1) is 11.1 Å². The van der Waals surface area contributed by atoms with E-state index in [2.05, 4.69) is 10.4 Å². The molecule has 0 aliphatic heterocycles. The third-order valence-electron chi connectivity index (χ3n) is 2.19. The second-order valence-electron chi connectivity index (χ2n) is 4.27. The van der Waals surface area contributed by atoms with Crippen molar-refractivity contribution in [1.82, 2.24) is 9.78 Å². The van der Waals surface area contributed by atoms with Crippen LogP contribution in [0.1, 0.15) is 19.5 Å². The van der Waals surface area contributed by atoms with Crippen LogP contribution < -0.4 is 5.32 Å². The summed E-state index contributed by atoms with van der Waals surface area (Å²) >= 11 is 5.72. The fourth-order valence-corrected chi connectivity index (χ4v) is 1.20. The third kappa shape index (κ3) is 2.72. The Morgan fingerprint density at radius 2 is 2.27 bits per heavy atom. The average Bonchev–Trinajstić information content (AvgIpc) is 2.45. The Hall–Kier alpha value is -1.03. The number of rotatable bonds is 3. The molecule has 0 atom stereocenters. The molecule has 4 nitrogen and oxygen atoms in total. The zero-order valence-electron chi connectivity index (χ0n) is 9.47. The van der Waals surface area contributed by atoms with Crippen molar-refractivity contribution in [2.75, 3.05) is 11.2 Å². The largest absolute Gasteiger partial charge is 0.310 e.